The van der Waals surface area contributed by atoms with E-state index in [1.54, 1.807) is 0 Å². The molecule has 1 saturated carbocycles. The van der Waals surface area contributed by atoms with Gasteiger partial charge in [-0.05, 0) is 19.1 Å². The van der Waals surface area contributed by atoms with Crippen LogP contribution in [0.5, 0.6) is 5.75 Å². The first-order valence-electron chi connectivity index (χ1n) is 9.14. The molecule has 29 heavy (non-hydrogen) atoms. The van der Waals surface area contributed by atoms with Crippen molar-refractivity contribution < 1.29 is 27.4 Å². The molecule has 2 aromatic rings. The lowest BCUT2D eigenvalue weighted by atomic mass is 9.79. The summed E-state index contributed by atoms with van der Waals surface area (Å²) >= 11 is 7.06. The summed E-state index contributed by atoms with van der Waals surface area (Å²) in [7, 11) is 0. The lowest BCUT2D eigenvalue weighted by molar-refractivity contribution is -0.125. The van der Waals surface area contributed by atoms with Gasteiger partial charge in [0.1, 0.15) is 23.0 Å². The van der Waals surface area contributed by atoms with Crippen LogP contribution in [0.2, 0.25) is 5.02 Å². The fourth-order valence-electron chi connectivity index (χ4n) is 3.11. The van der Waals surface area contributed by atoms with Crippen LogP contribution in [0.15, 0.2) is 12.1 Å². The van der Waals surface area contributed by atoms with E-state index < -0.39 is 11.6 Å². The predicted octanol–water partition coefficient (Wildman–Crippen LogP) is 4.85. The number of carbonyl (C=O) groups excluding carboxylic acids is 1. The Hall–Kier alpha value is -1.58. The molecule has 1 amide bonds. The smallest absolute Gasteiger partial charge is 0.296 e. The molecule has 0 unspecified atom stereocenters. The largest absolute Gasteiger partial charge is 0.489 e. The highest BCUT2D eigenvalue weighted by atomic mass is 35.5. The van der Waals surface area contributed by atoms with E-state index in [1.807, 2.05) is 6.92 Å². The van der Waals surface area contributed by atoms with Gasteiger partial charge in [-0.15, -0.1) is 11.3 Å². The first kappa shape index (κ1) is 22.1. The zero-order valence-electron chi connectivity index (χ0n) is 16.2. The summed E-state index contributed by atoms with van der Waals surface area (Å²) in [5.41, 5.74) is -1.19. The highest BCUT2D eigenvalue weighted by Gasteiger charge is 2.46. The first-order valence-corrected chi connectivity index (χ1v) is 10.3. The Bertz CT molecular complexity index is 897. The minimum absolute atomic E-state index is 0.146. The SMILES string of the molecule is CC(=O)N[C@@H](C)CO[C@H]1C[C@](F)(COc2ccc3nc(C(C)(F)F)sc3c2Cl)C1. The third-order valence-corrected chi connectivity index (χ3v) is 6.29. The standard InChI is InChI=1S/C19H22ClF3N2O3S/c1-10(24-11(2)26)8-27-12-6-19(23,7-12)9-28-14-5-4-13-16(15(14)20)29-17(25-13)18(3,21)22/h4-5,10,12H,6-9H2,1-3H3,(H,24,26)/t10-,12-,19+/m0/s1. The summed E-state index contributed by atoms with van der Waals surface area (Å²) in [5, 5.41) is 2.51. The first-order chi connectivity index (χ1) is 13.5. The number of rotatable bonds is 8. The Morgan fingerprint density at radius 3 is 2.79 bits per heavy atom. The average molecular weight is 451 g/mol. The molecule has 3 rings (SSSR count). The number of carbonyl (C=O) groups is 1. The number of nitrogens with zero attached hydrogens (tertiary/aromatic N) is 1. The minimum atomic E-state index is -3.06. The van der Waals surface area contributed by atoms with Crippen LogP contribution in [0.3, 0.4) is 0 Å². The van der Waals surface area contributed by atoms with Crippen molar-refractivity contribution in [2.45, 2.75) is 57.3 Å². The minimum Gasteiger partial charge on any atom is -0.489 e. The predicted molar refractivity (Wildman–Crippen MR) is 106 cm³/mol. The topological polar surface area (TPSA) is 60.5 Å². The van der Waals surface area contributed by atoms with E-state index in [2.05, 4.69) is 10.3 Å². The summed E-state index contributed by atoms with van der Waals surface area (Å²) in [6.07, 6.45) is 0.104. The number of hydrogen-bond donors (Lipinski definition) is 1. The molecule has 1 aromatic heterocycles. The number of amides is 1. The second-order valence-corrected chi connectivity index (χ2v) is 8.92. The van der Waals surface area contributed by atoms with Crippen LogP contribution in [0, 0.1) is 0 Å². The highest BCUT2D eigenvalue weighted by molar-refractivity contribution is 7.19. The number of hydrogen-bond acceptors (Lipinski definition) is 5. The van der Waals surface area contributed by atoms with Gasteiger partial charge < -0.3 is 14.8 Å². The van der Waals surface area contributed by atoms with E-state index >= 15 is 0 Å². The molecule has 1 heterocycles. The van der Waals surface area contributed by atoms with Crippen molar-refractivity contribution in [3.63, 3.8) is 0 Å². The lowest BCUT2D eigenvalue weighted by Gasteiger charge is -2.41. The monoisotopic (exact) mass is 450 g/mol. The van der Waals surface area contributed by atoms with E-state index in [0.29, 0.717) is 16.8 Å². The lowest BCUT2D eigenvalue weighted by Crippen LogP contribution is -2.50. The van der Waals surface area contributed by atoms with Crippen molar-refractivity contribution in [1.29, 1.82) is 0 Å². The maximum atomic E-state index is 14.8. The quantitative estimate of drug-likeness (QED) is 0.624. The Labute approximate surface area is 175 Å². The summed E-state index contributed by atoms with van der Waals surface area (Å²) in [5.74, 6) is -2.97. The van der Waals surface area contributed by atoms with Crippen molar-refractivity contribution in [3.05, 3.63) is 22.2 Å². The van der Waals surface area contributed by atoms with E-state index in [0.717, 1.165) is 18.3 Å². The number of ether oxygens (including phenoxy) is 2. The maximum Gasteiger partial charge on any atom is 0.296 e. The summed E-state index contributed by atoms with van der Waals surface area (Å²) in [6.45, 7) is 4.10. The van der Waals surface area contributed by atoms with Crippen LogP contribution in [0.4, 0.5) is 13.2 Å². The molecular formula is C19H22ClF3N2O3S. The zero-order valence-corrected chi connectivity index (χ0v) is 17.8. The van der Waals surface area contributed by atoms with Gasteiger partial charge >= 0.3 is 0 Å². The normalized spacial score (nSPS) is 22.9. The second kappa shape index (κ2) is 8.28. The molecule has 0 bridgehead atoms. The van der Waals surface area contributed by atoms with Gasteiger partial charge in [-0.25, -0.2) is 9.37 Å². The number of fused-ring (bicyclic) bond motifs is 1. The number of aromatic nitrogens is 1. The Morgan fingerprint density at radius 1 is 1.48 bits per heavy atom. The Balaban J connectivity index is 1.54. The van der Waals surface area contributed by atoms with Crippen LogP contribution >= 0.6 is 22.9 Å². The van der Waals surface area contributed by atoms with Crippen molar-refractivity contribution in [1.82, 2.24) is 10.3 Å². The molecule has 0 aliphatic heterocycles. The molecule has 1 aliphatic carbocycles. The third kappa shape index (κ3) is 5.32. The van der Waals surface area contributed by atoms with Crippen LogP contribution in [0.25, 0.3) is 10.2 Å². The molecule has 5 nitrogen and oxygen atoms in total. The van der Waals surface area contributed by atoms with Crippen molar-refractivity contribution >= 4 is 39.1 Å². The van der Waals surface area contributed by atoms with Crippen molar-refractivity contribution in [2.24, 2.45) is 0 Å². The average Bonchev–Trinajstić information content (AvgIpc) is 3.02. The molecule has 10 heteroatoms. The second-order valence-electron chi connectivity index (χ2n) is 7.54. The van der Waals surface area contributed by atoms with Crippen LogP contribution in [0.1, 0.15) is 38.6 Å². The van der Waals surface area contributed by atoms with Gasteiger partial charge in [0.25, 0.3) is 5.92 Å². The summed E-state index contributed by atoms with van der Waals surface area (Å²) < 4.78 is 53.2. The van der Waals surface area contributed by atoms with Gasteiger partial charge in [0.2, 0.25) is 5.91 Å². The number of halogens is 4. The number of benzene rings is 1. The summed E-state index contributed by atoms with van der Waals surface area (Å²) in [6, 6.07) is 2.89. The molecule has 0 saturated heterocycles. The van der Waals surface area contributed by atoms with Gasteiger partial charge in [-0.3, -0.25) is 4.79 Å². The molecule has 1 N–H and O–H groups in total. The molecule has 1 aliphatic rings. The molecule has 1 atom stereocenters. The molecule has 1 aromatic carbocycles. The molecule has 0 spiro atoms. The fourth-order valence-corrected chi connectivity index (χ4v) is 4.36. The van der Waals surface area contributed by atoms with E-state index in [9.17, 15) is 18.0 Å². The Kier molecular flexibility index (Phi) is 6.31. The van der Waals surface area contributed by atoms with Crippen LogP contribution in [-0.2, 0) is 15.5 Å². The summed E-state index contributed by atoms with van der Waals surface area (Å²) in [4.78, 5) is 14.9. The van der Waals surface area contributed by atoms with Gasteiger partial charge in [0.05, 0.1) is 22.9 Å². The van der Waals surface area contributed by atoms with E-state index in [-0.39, 0.29) is 53.3 Å². The number of alkyl halides is 3. The Morgan fingerprint density at radius 2 is 2.17 bits per heavy atom. The van der Waals surface area contributed by atoms with Crippen LogP contribution < -0.4 is 10.1 Å². The van der Waals surface area contributed by atoms with Crippen LogP contribution in [-0.4, -0.2) is 41.9 Å². The van der Waals surface area contributed by atoms with Gasteiger partial charge in [-0.2, -0.15) is 8.78 Å². The van der Waals surface area contributed by atoms with E-state index in [4.69, 9.17) is 21.1 Å². The van der Waals surface area contributed by atoms with Gasteiger partial charge in [0.15, 0.2) is 5.01 Å². The number of nitrogens with one attached hydrogen (secondary N) is 1. The fraction of sp³-hybridized carbons (Fsp3) is 0.579. The van der Waals surface area contributed by atoms with Gasteiger partial charge in [0, 0.05) is 32.7 Å². The highest BCUT2D eigenvalue weighted by Crippen LogP contribution is 2.42. The molecule has 0 radical (unpaired) electrons. The van der Waals surface area contributed by atoms with Crippen molar-refractivity contribution in [2.75, 3.05) is 13.2 Å². The third-order valence-electron chi connectivity index (χ3n) is 4.54. The molecular weight excluding hydrogens is 429 g/mol. The number of thiazole rings is 1. The molecule has 1 fully saturated rings. The van der Waals surface area contributed by atoms with Crippen molar-refractivity contribution in [3.8, 4) is 5.75 Å². The van der Waals surface area contributed by atoms with E-state index in [1.165, 1.54) is 19.1 Å². The zero-order chi connectivity index (χ0) is 21.4. The van der Waals surface area contributed by atoms with Gasteiger partial charge in [-0.1, -0.05) is 11.6 Å². The molecule has 160 valence electrons. The maximum absolute atomic E-state index is 14.8.